The monoisotopic (exact) mass is 462 g/mol. The van der Waals surface area contributed by atoms with Crippen LogP contribution in [0.4, 0.5) is 11.6 Å². The van der Waals surface area contributed by atoms with E-state index in [0.717, 1.165) is 17.7 Å². The van der Waals surface area contributed by atoms with Gasteiger partial charge in [0.15, 0.2) is 5.95 Å². The molecule has 4 rings (SSSR count). The first-order chi connectivity index (χ1) is 16.6. The quantitative estimate of drug-likeness (QED) is 0.257. The number of para-hydroxylation sites is 1. The van der Waals surface area contributed by atoms with E-state index in [1.165, 1.54) is 5.56 Å². The Bertz CT molecular complexity index is 1080. The number of phenolic OH excluding ortho intramolecular Hbond substituents is 1. The number of aromatic hydroxyl groups is 1. The molecule has 2 heterocycles. The van der Waals surface area contributed by atoms with Gasteiger partial charge in [-0.1, -0.05) is 30.3 Å². The van der Waals surface area contributed by atoms with Crippen molar-refractivity contribution in [3.63, 3.8) is 0 Å². The highest BCUT2D eigenvalue weighted by atomic mass is 16.3. The van der Waals surface area contributed by atoms with Crippen molar-refractivity contribution in [2.75, 3.05) is 17.2 Å². The van der Waals surface area contributed by atoms with Crippen LogP contribution in [0.3, 0.4) is 0 Å². The van der Waals surface area contributed by atoms with Gasteiger partial charge in [-0.05, 0) is 55.0 Å². The van der Waals surface area contributed by atoms with Crippen LogP contribution in [0, 0.1) is 0 Å². The first-order valence-electron chi connectivity index (χ1n) is 11.5. The lowest BCUT2D eigenvalue weighted by molar-refractivity contribution is -0.129. The molecule has 0 spiro atoms. The van der Waals surface area contributed by atoms with Gasteiger partial charge in [0.25, 0.3) is 0 Å². The van der Waals surface area contributed by atoms with Gasteiger partial charge in [-0.2, -0.15) is 0 Å². The first-order valence-corrected chi connectivity index (χ1v) is 11.5. The number of aromatic amines is 1. The summed E-state index contributed by atoms with van der Waals surface area (Å²) in [7, 11) is 0. The van der Waals surface area contributed by atoms with Gasteiger partial charge in [-0.25, -0.2) is 4.98 Å². The minimum absolute atomic E-state index is 0.172. The van der Waals surface area contributed by atoms with Crippen LogP contribution < -0.4 is 21.3 Å². The van der Waals surface area contributed by atoms with E-state index in [1.807, 2.05) is 18.2 Å². The molecule has 9 nitrogen and oxygen atoms in total. The molecule has 34 heavy (non-hydrogen) atoms. The van der Waals surface area contributed by atoms with Crippen molar-refractivity contribution in [2.45, 2.75) is 44.3 Å². The number of rotatable bonds is 10. The number of anilines is 2. The van der Waals surface area contributed by atoms with E-state index in [0.29, 0.717) is 38.3 Å². The molecular formula is C25H30N6O3. The number of phenols is 1. The minimum Gasteiger partial charge on any atom is -0.508 e. The van der Waals surface area contributed by atoms with Crippen LogP contribution in [0.25, 0.3) is 0 Å². The molecule has 2 amide bonds. The Morgan fingerprint density at radius 1 is 1.15 bits per heavy atom. The molecule has 6 N–H and O–H groups in total. The van der Waals surface area contributed by atoms with Crippen molar-refractivity contribution < 1.29 is 14.7 Å². The number of aromatic nitrogens is 2. The maximum atomic E-state index is 13.0. The molecule has 0 saturated carbocycles. The summed E-state index contributed by atoms with van der Waals surface area (Å²) < 4.78 is 0. The lowest BCUT2D eigenvalue weighted by Gasteiger charge is -2.28. The van der Waals surface area contributed by atoms with Crippen molar-refractivity contribution in [3.05, 3.63) is 72.1 Å². The summed E-state index contributed by atoms with van der Waals surface area (Å²) in [5.41, 5.74) is 3.02. The number of benzene rings is 2. The van der Waals surface area contributed by atoms with Crippen molar-refractivity contribution in [3.8, 4) is 5.75 Å². The number of hydrogen-bond donors (Lipinski definition) is 6. The van der Waals surface area contributed by atoms with Gasteiger partial charge in [-0.3, -0.25) is 9.59 Å². The van der Waals surface area contributed by atoms with Gasteiger partial charge < -0.3 is 31.4 Å². The van der Waals surface area contributed by atoms with Gasteiger partial charge >= 0.3 is 0 Å². The molecule has 0 aliphatic carbocycles. The number of carbonyl (C=O) groups is 2. The molecule has 0 radical (unpaired) electrons. The Balaban J connectivity index is 1.34. The Morgan fingerprint density at radius 2 is 1.97 bits per heavy atom. The van der Waals surface area contributed by atoms with Crippen molar-refractivity contribution in [2.24, 2.45) is 0 Å². The third-order valence-electron chi connectivity index (χ3n) is 5.86. The smallest absolute Gasteiger partial charge is 0.243 e. The number of carbonyl (C=O) groups excluding carboxylic acids is 2. The lowest BCUT2D eigenvalue weighted by Crippen LogP contribution is -2.51. The van der Waals surface area contributed by atoms with Crippen LogP contribution in [-0.2, 0) is 22.6 Å². The summed E-state index contributed by atoms with van der Waals surface area (Å²) in [6, 6.07) is 13.6. The molecule has 3 aromatic rings. The van der Waals surface area contributed by atoms with E-state index in [-0.39, 0.29) is 23.6 Å². The number of aryl methyl sites for hydroxylation is 1. The van der Waals surface area contributed by atoms with Crippen molar-refractivity contribution in [1.82, 2.24) is 20.6 Å². The number of hydrogen-bond acceptors (Lipinski definition) is 6. The molecular weight excluding hydrogens is 432 g/mol. The Labute approximate surface area is 198 Å². The molecule has 0 bridgehead atoms. The average molecular weight is 463 g/mol. The summed E-state index contributed by atoms with van der Waals surface area (Å²) in [4.78, 5) is 33.1. The number of imidazole rings is 1. The summed E-state index contributed by atoms with van der Waals surface area (Å²) in [5, 5.41) is 21.8. The zero-order valence-electron chi connectivity index (χ0n) is 18.9. The maximum absolute atomic E-state index is 13.0. The van der Waals surface area contributed by atoms with Crippen LogP contribution in [0.15, 0.2) is 60.9 Å². The maximum Gasteiger partial charge on any atom is 0.243 e. The van der Waals surface area contributed by atoms with Gasteiger partial charge in [0.2, 0.25) is 11.8 Å². The standard InChI is InChI=1S/C25H30N6O3/c32-19-10-7-17(8-11-19)16-29-23(33)21(6-3-13-26-25-27-14-15-28-25)31-24(34)22-12-9-18-4-1-2-5-20(18)30-22/h1-2,4-5,7-8,10-11,14-15,21-22,30,32H,3,6,9,12-13,16H2,(H,29,33)(H,31,34)(H2,26,27,28)/t21-,22?/m0/s1. The summed E-state index contributed by atoms with van der Waals surface area (Å²) in [6.07, 6.45) is 6.02. The van der Waals surface area contributed by atoms with E-state index in [9.17, 15) is 14.7 Å². The zero-order valence-corrected chi connectivity index (χ0v) is 18.9. The highest BCUT2D eigenvalue weighted by Crippen LogP contribution is 2.24. The second-order valence-corrected chi connectivity index (χ2v) is 8.34. The van der Waals surface area contributed by atoms with Gasteiger partial charge in [0.1, 0.15) is 17.8 Å². The molecule has 1 aliphatic rings. The number of nitrogens with one attached hydrogen (secondary N) is 5. The van der Waals surface area contributed by atoms with E-state index in [2.05, 4.69) is 37.3 Å². The van der Waals surface area contributed by atoms with Crippen LogP contribution >= 0.6 is 0 Å². The SMILES string of the molecule is O=C(N[C@@H](CCCNc1ncc[nH]1)C(=O)NCc1ccc(O)cc1)C1CCc2ccccc2N1. The van der Waals surface area contributed by atoms with Crippen LogP contribution in [0.2, 0.25) is 0 Å². The molecule has 0 saturated heterocycles. The molecule has 178 valence electrons. The molecule has 1 aromatic heterocycles. The second kappa shape index (κ2) is 11.2. The lowest BCUT2D eigenvalue weighted by atomic mass is 9.97. The highest BCUT2D eigenvalue weighted by molar-refractivity contribution is 5.91. The fourth-order valence-corrected chi connectivity index (χ4v) is 3.98. The van der Waals surface area contributed by atoms with E-state index >= 15 is 0 Å². The average Bonchev–Trinajstić information content (AvgIpc) is 3.38. The Hall–Kier alpha value is -4.01. The first kappa shape index (κ1) is 23.2. The van der Waals surface area contributed by atoms with Crippen molar-refractivity contribution >= 4 is 23.5 Å². The molecule has 2 aromatic carbocycles. The number of amides is 2. The third kappa shape index (κ3) is 6.28. The van der Waals surface area contributed by atoms with Gasteiger partial charge in [-0.15, -0.1) is 0 Å². The van der Waals surface area contributed by atoms with Crippen LogP contribution in [-0.4, -0.2) is 45.5 Å². The third-order valence-corrected chi connectivity index (χ3v) is 5.86. The Kier molecular flexibility index (Phi) is 7.64. The molecule has 0 fully saturated rings. The van der Waals surface area contributed by atoms with Crippen molar-refractivity contribution in [1.29, 1.82) is 0 Å². The van der Waals surface area contributed by atoms with Gasteiger partial charge in [0.05, 0.1) is 0 Å². The summed E-state index contributed by atoms with van der Waals surface area (Å²) in [6.45, 7) is 0.922. The van der Waals surface area contributed by atoms with Crippen LogP contribution in [0.1, 0.15) is 30.4 Å². The normalized spacial score (nSPS) is 15.5. The molecule has 1 aliphatic heterocycles. The summed E-state index contributed by atoms with van der Waals surface area (Å²) in [5.74, 6) is 0.419. The van der Waals surface area contributed by atoms with E-state index in [4.69, 9.17) is 0 Å². The number of fused-ring (bicyclic) bond motifs is 1. The summed E-state index contributed by atoms with van der Waals surface area (Å²) >= 11 is 0. The fraction of sp³-hybridized carbons (Fsp3) is 0.320. The highest BCUT2D eigenvalue weighted by Gasteiger charge is 2.28. The predicted octanol–water partition coefficient (Wildman–Crippen LogP) is 2.54. The topological polar surface area (TPSA) is 131 Å². The Morgan fingerprint density at radius 3 is 2.76 bits per heavy atom. The molecule has 9 heteroatoms. The fourth-order valence-electron chi connectivity index (χ4n) is 3.98. The van der Waals surface area contributed by atoms with Crippen LogP contribution in [0.5, 0.6) is 5.75 Å². The second-order valence-electron chi connectivity index (χ2n) is 8.34. The largest absolute Gasteiger partial charge is 0.508 e. The van der Waals surface area contributed by atoms with Gasteiger partial charge in [0, 0.05) is 31.2 Å². The molecule has 2 atom stereocenters. The number of H-pyrrole nitrogens is 1. The zero-order chi connectivity index (χ0) is 23.8. The predicted molar refractivity (Wildman–Crippen MR) is 130 cm³/mol. The van der Waals surface area contributed by atoms with E-state index in [1.54, 1.807) is 36.7 Å². The molecule has 1 unspecified atom stereocenters. The minimum atomic E-state index is -0.665. The number of nitrogens with zero attached hydrogens (tertiary/aromatic N) is 1. The van der Waals surface area contributed by atoms with E-state index < -0.39 is 6.04 Å².